The maximum atomic E-state index is 14.2. The van der Waals surface area contributed by atoms with E-state index in [1.807, 2.05) is 0 Å². The van der Waals surface area contributed by atoms with Crippen LogP contribution in [0.2, 0.25) is 5.02 Å². The van der Waals surface area contributed by atoms with Gasteiger partial charge in [0.15, 0.2) is 0 Å². The van der Waals surface area contributed by atoms with E-state index in [0.717, 1.165) is 17.7 Å². The number of allylic oxidation sites excluding steroid dienone is 1. The van der Waals surface area contributed by atoms with Gasteiger partial charge >= 0.3 is 5.97 Å². The summed E-state index contributed by atoms with van der Waals surface area (Å²) >= 11 is 6.10. The molecule has 2 aromatic carbocycles. The summed E-state index contributed by atoms with van der Waals surface area (Å²) in [7, 11) is 1.28. The van der Waals surface area contributed by atoms with Crippen LogP contribution in [0.4, 0.5) is 8.78 Å². The van der Waals surface area contributed by atoms with Gasteiger partial charge in [-0.1, -0.05) is 36.7 Å². The number of amides is 1. The summed E-state index contributed by atoms with van der Waals surface area (Å²) in [4.78, 5) is 27.0. The summed E-state index contributed by atoms with van der Waals surface area (Å²) in [6.45, 7) is 1.71. The first-order valence-electron chi connectivity index (χ1n) is 9.16. The van der Waals surface area contributed by atoms with Crippen molar-refractivity contribution < 1.29 is 23.1 Å². The summed E-state index contributed by atoms with van der Waals surface area (Å²) in [5.74, 6) is -2.77. The molecule has 0 radical (unpaired) electrons. The van der Waals surface area contributed by atoms with Crippen molar-refractivity contribution in [3.8, 4) is 0 Å². The molecule has 0 saturated heterocycles. The van der Waals surface area contributed by atoms with E-state index in [2.05, 4.69) is 0 Å². The smallest absolute Gasteiger partial charge is 0.336 e. The maximum Gasteiger partial charge on any atom is 0.336 e. The van der Waals surface area contributed by atoms with E-state index < -0.39 is 23.5 Å². The van der Waals surface area contributed by atoms with E-state index in [0.29, 0.717) is 22.7 Å². The summed E-state index contributed by atoms with van der Waals surface area (Å²) in [6, 6.07) is 10.2. The van der Waals surface area contributed by atoms with Gasteiger partial charge in [0.25, 0.3) is 0 Å². The highest BCUT2D eigenvalue weighted by molar-refractivity contribution is 6.30. The van der Waals surface area contributed by atoms with E-state index in [-0.39, 0.29) is 24.4 Å². The lowest BCUT2D eigenvalue weighted by molar-refractivity contribution is -0.138. The third-order valence-electron chi connectivity index (χ3n) is 5.00. The molecule has 0 aromatic heterocycles. The van der Waals surface area contributed by atoms with Crippen molar-refractivity contribution in [3.63, 3.8) is 0 Å². The molecule has 0 spiro atoms. The zero-order chi connectivity index (χ0) is 21.1. The molecule has 0 bridgehead atoms. The monoisotopic (exact) mass is 419 g/mol. The minimum atomic E-state index is -0.746. The topological polar surface area (TPSA) is 46.6 Å². The Balaban J connectivity index is 2.09. The zero-order valence-corrected chi connectivity index (χ0v) is 16.8. The van der Waals surface area contributed by atoms with Crippen LogP contribution in [-0.2, 0) is 20.9 Å². The summed E-state index contributed by atoms with van der Waals surface area (Å²) in [6.07, 6.45) is 0.368. The largest absolute Gasteiger partial charge is 0.466 e. The number of carbonyl (C=O) groups is 2. The number of esters is 1. The Kier molecular flexibility index (Phi) is 6.33. The van der Waals surface area contributed by atoms with Gasteiger partial charge in [0.05, 0.1) is 19.2 Å². The minimum absolute atomic E-state index is 0.0110. The quantitative estimate of drug-likeness (QED) is 0.643. The predicted octanol–water partition coefficient (Wildman–Crippen LogP) is 4.97. The Hall–Kier alpha value is -2.73. The lowest BCUT2D eigenvalue weighted by Crippen LogP contribution is -2.38. The zero-order valence-electron chi connectivity index (χ0n) is 16.0. The molecule has 0 aliphatic carbocycles. The molecule has 0 saturated carbocycles. The second kappa shape index (κ2) is 8.74. The molecule has 1 atom stereocenters. The fourth-order valence-electron chi connectivity index (χ4n) is 3.65. The second-order valence-corrected chi connectivity index (χ2v) is 7.17. The molecule has 0 N–H and O–H groups in total. The molecule has 7 heteroatoms. The van der Waals surface area contributed by atoms with Gasteiger partial charge in [-0.25, -0.2) is 13.6 Å². The van der Waals surface area contributed by atoms with Crippen LogP contribution in [0.3, 0.4) is 0 Å². The Labute approximate surface area is 172 Å². The molecular formula is C22H20ClF2NO3. The summed E-state index contributed by atoms with van der Waals surface area (Å²) in [5.41, 5.74) is 1.70. The van der Waals surface area contributed by atoms with E-state index in [9.17, 15) is 18.4 Å². The number of halogens is 3. The van der Waals surface area contributed by atoms with Crippen molar-refractivity contribution >= 4 is 23.5 Å². The Morgan fingerprint density at radius 3 is 2.62 bits per heavy atom. The molecule has 2 aromatic rings. The van der Waals surface area contributed by atoms with Gasteiger partial charge in [0, 0.05) is 34.7 Å². The fraction of sp³-hybridized carbons (Fsp3) is 0.273. The van der Waals surface area contributed by atoms with Gasteiger partial charge in [0.2, 0.25) is 5.91 Å². The summed E-state index contributed by atoms with van der Waals surface area (Å²) < 4.78 is 32.4. The molecule has 4 nitrogen and oxygen atoms in total. The number of carbonyl (C=O) groups excluding carboxylic acids is 2. The molecule has 1 heterocycles. The van der Waals surface area contributed by atoms with E-state index >= 15 is 0 Å². The molecule has 1 unspecified atom stereocenters. The standard InChI is InChI=1S/C22H20ClF2NO3/c1-3-19-21(22(28)29-2)17(13-5-4-6-15(23)9-13)11-20(27)26(19)12-14-7-8-16(24)10-18(14)25/h4-10,17H,3,11-12H2,1-2H3. The molecule has 3 rings (SSSR count). The molecule has 1 aliphatic rings. The first kappa shape index (κ1) is 21.0. The number of methoxy groups -OCH3 is 1. The SMILES string of the molecule is CCC1=C(C(=O)OC)C(c2cccc(Cl)c2)CC(=O)N1Cc1ccc(F)cc1F. The Bertz CT molecular complexity index is 990. The van der Waals surface area contributed by atoms with Crippen molar-refractivity contribution in [2.24, 2.45) is 0 Å². The van der Waals surface area contributed by atoms with Crippen LogP contribution in [0.25, 0.3) is 0 Å². The van der Waals surface area contributed by atoms with Gasteiger partial charge < -0.3 is 9.64 Å². The van der Waals surface area contributed by atoms with Crippen LogP contribution in [0.15, 0.2) is 53.7 Å². The van der Waals surface area contributed by atoms with Crippen molar-refractivity contribution in [3.05, 3.63) is 81.5 Å². The van der Waals surface area contributed by atoms with Crippen LogP contribution < -0.4 is 0 Å². The number of ether oxygens (including phenoxy) is 1. The molecular weight excluding hydrogens is 400 g/mol. The van der Waals surface area contributed by atoms with Crippen LogP contribution in [-0.4, -0.2) is 23.9 Å². The highest BCUT2D eigenvalue weighted by Gasteiger charge is 2.38. The maximum absolute atomic E-state index is 14.2. The second-order valence-electron chi connectivity index (χ2n) is 6.73. The first-order valence-corrected chi connectivity index (χ1v) is 9.54. The first-order chi connectivity index (χ1) is 13.8. The molecule has 1 aliphatic heterocycles. The van der Waals surface area contributed by atoms with E-state index in [1.54, 1.807) is 31.2 Å². The molecule has 29 heavy (non-hydrogen) atoms. The third kappa shape index (κ3) is 4.32. The van der Waals surface area contributed by atoms with E-state index in [1.165, 1.54) is 18.1 Å². The number of rotatable bonds is 5. The lowest BCUT2D eigenvalue weighted by atomic mass is 9.82. The molecule has 1 amide bonds. The minimum Gasteiger partial charge on any atom is -0.466 e. The Morgan fingerprint density at radius 1 is 1.24 bits per heavy atom. The number of benzene rings is 2. The number of hydrogen-bond donors (Lipinski definition) is 0. The highest BCUT2D eigenvalue weighted by Crippen LogP contribution is 2.39. The lowest BCUT2D eigenvalue weighted by Gasteiger charge is -2.35. The van der Waals surface area contributed by atoms with E-state index in [4.69, 9.17) is 16.3 Å². The number of hydrogen-bond acceptors (Lipinski definition) is 3. The van der Waals surface area contributed by atoms with Crippen molar-refractivity contribution in [2.45, 2.75) is 32.2 Å². The fourth-order valence-corrected chi connectivity index (χ4v) is 3.85. The van der Waals surface area contributed by atoms with Crippen LogP contribution in [0, 0.1) is 11.6 Å². The van der Waals surface area contributed by atoms with Crippen LogP contribution in [0.1, 0.15) is 36.8 Å². The molecule has 0 fully saturated rings. The normalized spacial score (nSPS) is 16.9. The van der Waals surface area contributed by atoms with Gasteiger partial charge in [-0.2, -0.15) is 0 Å². The van der Waals surface area contributed by atoms with Gasteiger partial charge in [-0.3, -0.25) is 4.79 Å². The predicted molar refractivity (Wildman–Crippen MR) is 105 cm³/mol. The average Bonchev–Trinajstić information content (AvgIpc) is 2.70. The van der Waals surface area contributed by atoms with Gasteiger partial charge in [-0.15, -0.1) is 0 Å². The third-order valence-corrected chi connectivity index (χ3v) is 5.23. The van der Waals surface area contributed by atoms with Crippen molar-refractivity contribution in [1.82, 2.24) is 4.90 Å². The average molecular weight is 420 g/mol. The van der Waals surface area contributed by atoms with Crippen LogP contribution >= 0.6 is 11.6 Å². The van der Waals surface area contributed by atoms with Gasteiger partial charge in [0.1, 0.15) is 11.6 Å². The highest BCUT2D eigenvalue weighted by atomic mass is 35.5. The van der Waals surface area contributed by atoms with Gasteiger partial charge in [-0.05, 0) is 30.2 Å². The summed E-state index contributed by atoms with van der Waals surface area (Å²) in [5, 5.41) is 0.494. The number of nitrogens with zero attached hydrogens (tertiary/aromatic N) is 1. The van der Waals surface area contributed by atoms with Crippen molar-refractivity contribution in [1.29, 1.82) is 0 Å². The van der Waals surface area contributed by atoms with Crippen molar-refractivity contribution in [2.75, 3.05) is 7.11 Å². The molecule has 152 valence electrons. The Morgan fingerprint density at radius 2 is 2.00 bits per heavy atom. The van der Waals surface area contributed by atoms with Crippen LogP contribution in [0.5, 0.6) is 0 Å².